The van der Waals surface area contributed by atoms with Gasteiger partial charge in [0.1, 0.15) is 29.9 Å². The number of methoxy groups -OCH3 is 1. The molecule has 9 nitrogen and oxygen atoms in total. The lowest BCUT2D eigenvalue weighted by Crippen LogP contribution is -2.34. The van der Waals surface area contributed by atoms with Crippen LogP contribution >= 0.6 is 11.6 Å². The molecule has 0 amide bonds. The van der Waals surface area contributed by atoms with E-state index in [-0.39, 0.29) is 30.5 Å². The van der Waals surface area contributed by atoms with E-state index in [4.69, 9.17) is 35.3 Å². The van der Waals surface area contributed by atoms with Crippen LogP contribution in [0.25, 0.3) is 17.2 Å². The molecule has 0 bridgehead atoms. The van der Waals surface area contributed by atoms with E-state index >= 15 is 4.39 Å². The summed E-state index contributed by atoms with van der Waals surface area (Å²) in [5.41, 5.74) is 2.88. The first kappa shape index (κ1) is 23.6. The van der Waals surface area contributed by atoms with E-state index in [9.17, 15) is 5.11 Å². The number of aromatic nitrogens is 3. The maximum Gasteiger partial charge on any atom is 0.296 e. The molecule has 5 heterocycles. The number of ether oxygens (including phenoxy) is 5. The van der Waals surface area contributed by atoms with Gasteiger partial charge in [0, 0.05) is 25.0 Å². The van der Waals surface area contributed by atoms with Gasteiger partial charge in [-0.2, -0.15) is 4.98 Å². The van der Waals surface area contributed by atoms with Gasteiger partial charge in [0.15, 0.2) is 11.8 Å². The number of nitrogens with one attached hydrogen (secondary N) is 1. The molecule has 2 aromatic heterocycles. The second kappa shape index (κ2) is 9.60. The number of H-pyrrole nitrogens is 1. The second-order valence-electron chi connectivity index (χ2n) is 9.13. The lowest BCUT2D eigenvalue weighted by molar-refractivity contribution is 0.00706. The SMILES string of the molecule is COC/C=C/c1cc(F)c2c(c1)OC[C@H]2Cc1nc2nc(O[C@@H]3CO[C@H]4[C@@H]3OC[C@H]4O)[nH]c2cc1Cl. The van der Waals surface area contributed by atoms with Crippen molar-refractivity contribution >= 4 is 28.8 Å². The Morgan fingerprint density at radius 3 is 2.92 bits per heavy atom. The normalized spacial score (nSPS) is 27.1. The molecule has 0 aliphatic carbocycles. The molecule has 1 aromatic carbocycles. The van der Waals surface area contributed by atoms with Gasteiger partial charge in [-0.1, -0.05) is 23.8 Å². The Kier molecular flexibility index (Phi) is 6.30. The van der Waals surface area contributed by atoms with Crippen molar-refractivity contribution in [3.05, 3.63) is 51.9 Å². The highest BCUT2D eigenvalue weighted by atomic mass is 35.5. The van der Waals surface area contributed by atoms with Crippen LogP contribution in [0.3, 0.4) is 0 Å². The molecule has 0 spiro atoms. The molecular formula is C25H25ClFN3O6. The Bertz CT molecular complexity index is 1320. The van der Waals surface area contributed by atoms with E-state index in [0.717, 1.165) is 0 Å². The Balaban J connectivity index is 1.20. The van der Waals surface area contributed by atoms with Crippen molar-refractivity contribution in [2.45, 2.75) is 36.8 Å². The number of halogens is 2. The van der Waals surface area contributed by atoms with Crippen molar-refractivity contribution in [1.29, 1.82) is 0 Å². The second-order valence-corrected chi connectivity index (χ2v) is 9.54. The van der Waals surface area contributed by atoms with Crippen molar-refractivity contribution in [1.82, 2.24) is 15.0 Å². The van der Waals surface area contributed by atoms with Crippen LogP contribution in [0, 0.1) is 5.82 Å². The third kappa shape index (κ3) is 4.33. The van der Waals surface area contributed by atoms with Crippen molar-refractivity contribution < 1.29 is 33.2 Å². The van der Waals surface area contributed by atoms with Gasteiger partial charge >= 0.3 is 0 Å². The summed E-state index contributed by atoms with van der Waals surface area (Å²) < 4.78 is 43.0. The highest BCUT2D eigenvalue weighted by Crippen LogP contribution is 2.40. The van der Waals surface area contributed by atoms with Crippen LogP contribution in [-0.4, -0.2) is 78.0 Å². The Morgan fingerprint density at radius 2 is 2.06 bits per heavy atom. The maximum atomic E-state index is 15.0. The molecule has 36 heavy (non-hydrogen) atoms. The Morgan fingerprint density at radius 1 is 1.19 bits per heavy atom. The molecule has 0 unspecified atom stereocenters. The number of aliphatic hydroxyl groups excluding tert-OH is 1. The molecule has 2 N–H and O–H groups in total. The smallest absolute Gasteiger partial charge is 0.296 e. The zero-order valence-corrected chi connectivity index (χ0v) is 20.2. The average molecular weight is 518 g/mol. The fraction of sp³-hybridized carbons (Fsp3) is 0.440. The molecule has 5 atom stereocenters. The first-order valence-electron chi connectivity index (χ1n) is 11.7. The van der Waals surface area contributed by atoms with Gasteiger partial charge in [0.2, 0.25) is 0 Å². The molecule has 6 rings (SSSR count). The monoisotopic (exact) mass is 517 g/mol. The van der Waals surface area contributed by atoms with Crippen molar-refractivity contribution in [2.24, 2.45) is 0 Å². The minimum absolute atomic E-state index is 0.219. The lowest BCUT2D eigenvalue weighted by atomic mass is 9.94. The van der Waals surface area contributed by atoms with E-state index in [1.165, 1.54) is 6.07 Å². The van der Waals surface area contributed by atoms with Crippen LogP contribution in [0.5, 0.6) is 11.8 Å². The van der Waals surface area contributed by atoms with Crippen LogP contribution in [0.15, 0.2) is 24.3 Å². The number of fused-ring (bicyclic) bond motifs is 3. The number of pyridine rings is 1. The standard InChI is InChI=1S/C25H25ClFN3O6/c1-32-4-2-3-12-5-15(27)21-13(9-33-19(21)6-12)7-16-14(26)8-17-24(28-16)30-25(29-17)36-20-11-35-22-18(31)10-34-23(20)22/h2-3,5-6,8,13,18,20,22-23,31H,4,7,9-11H2,1H3,(H,28,29,30)/b3-2+/t13-,18-,20-,22-,23-/m1/s1. The fourth-order valence-electron chi connectivity index (χ4n) is 4.99. The summed E-state index contributed by atoms with van der Waals surface area (Å²) in [6.45, 7) is 1.29. The van der Waals surface area contributed by atoms with Crippen LogP contribution in [0.4, 0.5) is 4.39 Å². The van der Waals surface area contributed by atoms with E-state index in [1.54, 1.807) is 19.3 Å². The molecule has 3 aromatic rings. The summed E-state index contributed by atoms with van der Waals surface area (Å²) in [6.07, 6.45) is 2.21. The summed E-state index contributed by atoms with van der Waals surface area (Å²) >= 11 is 6.54. The number of aromatic amines is 1. The predicted octanol–water partition coefficient (Wildman–Crippen LogP) is 3.03. The zero-order chi connectivity index (χ0) is 24.8. The molecule has 11 heteroatoms. The number of hydrogen-bond acceptors (Lipinski definition) is 8. The number of rotatable bonds is 7. The number of imidazole rings is 1. The van der Waals surface area contributed by atoms with Crippen molar-refractivity contribution in [2.75, 3.05) is 33.5 Å². The molecule has 0 radical (unpaired) electrons. The predicted molar refractivity (Wildman–Crippen MR) is 128 cm³/mol. The van der Waals surface area contributed by atoms with Crippen molar-refractivity contribution in [3.63, 3.8) is 0 Å². The summed E-state index contributed by atoms with van der Waals surface area (Å²) in [5.74, 6) is -0.0234. The van der Waals surface area contributed by atoms with E-state index in [1.807, 2.05) is 12.1 Å². The first-order chi connectivity index (χ1) is 17.5. The molecule has 3 aliphatic heterocycles. The van der Waals surface area contributed by atoms with Gasteiger partial charge in [0.05, 0.1) is 42.7 Å². The van der Waals surface area contributed by atoms with Gasteiger partial charge in [-0.15, -0.1) is 0 Å². The van der Waals surface area contributed by atoms with Crippen molar-refractivity contribution in [3.8, 4) is 11.8 Å². The molecule has 2 fully saturated rings. The highest BCUT2D eigenvalue weighted by molar-refractivity contribution is 6.31. The molecule has 2 saturated heterocycles. The quantitative estimate of drug-likeness (QED) is 0.492. The van der Waals surface area contributed by atoms with E-state index in [2.05, 4.69) is 15.0 Å². The minimum atomic E-state index is -0.657. The van der Waals surface area contributed by atoms with Gasteiger partial charge in [-0.05, 0) is 23.8 Å². The number of aliphatic hydroxyl groups is 1. The van der Waals surface area contributed by atoms with E-state index < -0.39 is 18.3 Å². The largest absolute Gasteiger partial charge is 0.493 e. The third-order valence-corrected chi connectivity index (χ3v) is 7.02. The molecule has 0 saturated carbocycles. The average Bonchev–Trinajstić information content (AvgIpc) is 3.61. The Labute approximate surface area is 211 Å². The summed E-state index contributed by atoms with van der Waals surface area (Å²) in [7, 11) is 1.60. The molecule has 3 aliphatic rings. The van der Waals surface area contributed by atoms with E-state index in [0.29, 0.717) is 65.0 Å². The zero-order valence-electron chi connectivity index (χ0n) is 19.4. The van der Waals surface area contributed by atoms with Crippen LogP contribution in [0.2, 0.25) is 5.02 Å². The van der Waals surface area contributed by atoms with Gasteiger partial charge in [0.25, 0.3) is 6.01 Å². The topological polar surface area (TPSA) is 108 Å². The number of benzene rings is 1. The maximum absolute atomic E-state index is 15.0. The molecule has 190 valence electrons. The van der Waals surface area contributed by atoms with Gasteiger partial charge in [-0.3, -0.25) is 0 Å². The first-order valence-corrected chi connectivity index (χ1v) is 12.1. The highest BCUT2D eigenvalue weighted by Gasteiger charge is 2.48. The summed E-state index contributed by atoms with van der Waals surface area (Å²) in [4.78, 5) is 12.1. The van der Waals surface area contributed by atoms with Crippen LogP contribution < -0.4 is 9.47 Å². The van der Waals surface area contributed by atoms with Gasteiger partial charge < -0.3 is 33.8 Å². The summed E-state index contributed by atoms with van der Waals surface area (Å²) in [6, 6.07) is 5.32. The molecular weight excluding hydrogens is 493 g/mol. The number of nitrogens with zero attached hydrogens (tertiary/aromatic N) is 2. The summed E-state index contributed by atoms with van der Waals surface area (Å²) in [5, 5.41) is 10.4. The number of hydrogen-bond donors (Lipinski definition) is 2. The Hall–Kier alpha value is -2.76. The van der Waals surface area contributed by atoms with Gasteiger partial charge in [-0.25, -0.2) is 9.37 Å². The fourth-order valence-corrected chi connectivity index (χ4v) is 5.22. The third-order valence-electron chi connectivity index (χ3n) is 6.70. The lowest BCUT2D eigenvalue weighted by Gasteiger charge is -2.15. The van der Waals surface area contributed by atoms with Crippen LogP contribution in [-0.2, 0) is 20.6 Å². The minimum Gasteiger partial charge on any atom is -0.493 e. The van der Waals surface area contributed by atoms with Crippen LogP contribution in [0.1, 0.15) is 22.7 Å².